The van der Waals surface area contributed by atoms with Crippen molar-refractivity contribution >= 4 is 58.1 Å². The zero-order valence-electron chi connectivity index (χ0n) is 15.4. The highest BCUT2D eigenvalue weighted by Crippen LogP contribution is 2.37. The Morgan fingerprint density at radius 2 is 1.82 bits per heavy atom. The number of halogens is 2. The van der Waals surface area contributed by atoms with E-state index in [0.29, 0.717) is 41.1 Å². The van der Waals surface area contributed by atoms with Crippen molar-refractivity contribution in [3.63, 3.8) is 0 Å². The lowest BCUT2D eigenvalue weighted by Gasteiger charge is -2.27. The van der Waals surface area contributed by atoms with E-state index >= 15 is 0 Å². The molecule has 6 nitrogen and oxygen atoms in total. The second kappa shape index (κ2) is 9.20. The molecule has 2 saturated heterocycles. The van der Waals surface area contributed by atoms with Gasteiger partial charge in [-0.3, -0.25) is 19.3 Å². The van der Waals surface area contributed by atoms with Gasteiger partial charge in [-0.25, -0.2) is 0 Å². The van der Waals surface area contributed by atoms with Crippen LogP contribution in [0.5, 0.6) is 5.75 Å². The normalized spacial score (nSPS) is 18.9. The number of hydrogen-bond acceptors (Lipinski definition) is 5. The van der Waals surface area contributed by atoms with Gasteiger partial charge in [0.15, 0.2) is 5.75 Å². The number of amides is 3. The first-order chi connectivity index (χ1) is 13.4. The molecule has 1 aromatic carbocycles. The molecule has 0 spiro atoms. The van der Waals surface area contributed by atoms with Gasteiger partial charge < -0.3 is 9.64 Å². The van der Waals surface area contributed by atoms with Gasteiger partial charge in [0.1, 0.15) is 6.54 Å². The Morgan fingerprint density at radius 1 is 1.18 bits per heavy atom. The van der Waals surface area contributed by atoms with Gasteiger partial charge in [-0.05, 0) is 61.7 Å². The van der Waals surface area contributed by atoms with E-state index in [1.165, 1.54) is 0 Å². The largest absolute Gasteiger partial charge is 0.491 e. The van der Waals surface area contributed by atoms with Crippen LogP contribution in [-0.4, -0.2) is 53.1 Å². The standard InChI is InChI=1S/C19H20Cl2N2O4S/c1-2-27-17-13(20)8-12(9-14(17)21)10-15-18(25)23(19(26)28-15)11-16(24)22-6-4-3-5-7-22/h8-10H,2-7,11H2,1H3/b15-10-. The Kier molecular flexibility index (Phi) is 6.91. The zero-order chi connectivity index (χ0) is 20.3. The van der Waals surface area contributed by atoms with Crippen molar-refractivity contribution in [1.29, 1.82) is 0 Å². The summed E-state index contributed by atoms with van der Waals surface area (Å²) in [5.74, 6) is -0.305. The van der Waals surface area contributed by atoms with Crippen molar-refractivity contribution in [3.05, 3.63) is 32.6 Å². The van der Waals surface area contributed by atoms with E-state index in [2.05, 4.69) is 0 Å². The van der Waals surface area contributed by atoms with E-state index in [1.54, 1.807) is 23.1 Å². The summed E-state index contributed by atoms with van der Waals surface area (Å²) in [5.41, 5.74) is 0.575. The molecule has 28 heavy (non-hydrogen) atoms. The van der Waals surface area contributed by atoms with Crippen molar-refractivity contribution in [2.24, 2.45) is 0 Å². The smallest absolute Gasteiger partial charge is 0.294 e. The number of ether oxygens (including phenoxy) is 1. The van der Waals surface area contributed by atoms with Crippen LogP contribution in [-0.2, 0) is 9.59 Å². The molecule has 2 fully saturated rings. The van der Waals surface area contributed by atoms with Crippen LogP contribution in [0.25, 0.3) is 6.08 Å². The van der Waals surface area contributed by atoms with E-state index in [9.17, 15) is 14.4 Å². The summed E-state index contributed by atoms with van der Waals surface area (Å²) in [6, 6.07) is 3.23. The van der Waals surface area contributed by atoms with E-state index < -0.39 is 11.1 Å². The van der Waals surface area contributed by atoms with Crippen LogP contribution in [0, 0.1) is 0 Å². The van der Waals surface area contributed by atoms with Crippen LogP contribution in [0.4, 0.5) is 4.79 Å². The molecule has 0 unspecified atom stereocenters. The maximum absolute atomic E-state index is 12.6. The monoisotopic (exact) mass is 442 g/mol. The van der Waals surface area contributed by atoms with Gasteiger partial charge in [0.05, 0.1) is 21.6 Å². The second-order valence-corrected chi connectivity index (χ2v) is 8.26. The molecule has 0 N–H and O–H groups in total. The van der Waals surface area contributed by atoms with Gasteiger partial charge in [0.25, 0.3) is 11.1 Å². The molecule has 0 saturated carbocycles. The summed E-state index contributed by atoms with van der Waals surface area (Å²) in [7, 11) is 0. The van der Waals surface area contributed by atoms with Crippen LogP contribution >= 0.6 is 35.0 Å². The van der Waals surface area contributed by atoms with Crippen LogP contribution in [0.1, 0.15) is 31.7 Å². The van der Waals surface area contributed by atoms with Crippen LogP contribution in [0.2, 0.25) is 10.0 Å². The van der Waals surface area contributed by atoms with Crippen LogP contribution in [0.3, 0.4) is 0 Å². The highest BCUT2D eigenvalue weighted by molar-refractivity contribution is 8.18. The Labute approximate surface area is 177 Å². The Morgan fingerprint density at radius 3 is 2.43 bits per heavy atom. The number of imide groups is 1. The van der Waals surface area contributed by atoms with E-state index in [1.807, 2.05) is 6.92 Å². The van der Waals surface area contributed by atoms with Gasteiger partial charge in [-0.15, -0.1) is 0 Å². The van der Waals surface area contributed by atoms with E-state index in [4.69, 9.17) is 27.9 Å². The lowest BCUT2D eigenvalue weighted by Crippen LogP contribution is -2.44. The average molecular weight is 443 g/mol. The van der Waals surface area contributed by atoms with Crippen molar-refractivity contribution in [2.45, 2.75) is 26.2 Å². The number of carbonyl (C=O) groups is 3. The number of hydrogen-bond donors (Lipinski definition) is 0. The first-order valence-electron chi connectivity index (χ1n) is 9.05. The lowest BCUT2D eigenvalue weighted by atomic mass is 10.1. The predicted octanol–water partition coefficient (Wildman–Crippen LogP) is 4.44. The van der Waals surface area contributed by atoms with Gasteiger partial charge in [0, 0.05) is 13.1 Å². The Hall–Kier alpha value is -1.70. The van der Waals surface area contributed by atoms with Gasteiger partial charge in [-0.2, -0.15) is 0 Å². The average Bonchev–Trinajstić information content (AvgIpc) is 2.93. The fraction of sp³-hybridized carbons (Fsp3) is 0.421. The van der Waals surface area contributed by atoms with Crippen molar-refractivity contribution in [3.8, 4) is 5.75 Å². The van der Waals surface area contributed by atoms with E-state index in [0.717, 1.165) is 35.9 Å². The van der Waals surface area contributed by atoms with Gasteiger partial charge >= 0.3 is 0 Å². The molecule has 2 aliphatic rings. The SMILES string of the molecule is CCOc1c(Cl)cc(/C=C2\SC(=O)N(CC(=O)N3CCCCC3)C2=O)cc1Cl. The molecule has 150 valence electrons. The third kappa shape index (κ3) is 4.64. The highest BCUT2D eigenvalue weighted by atomic mass is 35.5. The summed E-state index contributed by atoms with van der Waals surface area (Å²) >= 11 is 13.2. The maximum atomic E-state index is 12.6. The number of thioether (sulfide) groups is 1. The Bertz CT molecular complexity index is 814. The van der Waals surface area contributed by atoms with Crippen LogP contribution in [0.15, 0.2) is 17.0 Å². The summed E-state index contributed by atoms with van der Waals surface area (Å²) in [6.07, 6.45) is 4.55. The fourth-order valence-corrected chi connectivity index (χ4v) is 4.56. The summed E-state index contributed by atoms with van der Waals surface area (Å²) in [6.45, 7) is 3.36. The molecule has 0 aliphatic carbocycles. The summed E-state index contributed by atoms with van der Waals surface area (Å²) < 4.78 is 5.39. The molecular weight excluding hydrogens is 423 g/mol. The number of likely N-dealkylation sites (tertiary alicyclic amines) is 1. The number of piperidine rings is 1. The molecule has 0 bridgehead atoms. The van der Waals surface area contributed by atoms with Gasteiger partial charge in [0.2, 0.25) is 5.91 Å². The predicted molar refractivity (Wildman–Crippen MR) is 111 cm³/mol. The third-order valence-electron chi connectivity index (χ3n) is 4.48. The minimum absolute atomic E-state index is 0.199. The zero-order valence-corrected chi connectivity index (χ0v) is 17.7. The number of nitrogens with zero attached hydrogens (tertiary/aromatic N) is 2. The molecule has 2 heterocycles. The molecule has 0 atom stereocenters. The summed E-state index contributed by atoms with van der Waals surface area (Å²) in [4.78, 5) is 40.2. The van der Waals surface area contributed by atoms with Gasteiger partial charge in [-0.1, -0.05) is 23.2 Å². The van der Waals surface area contributed by atoms with Crippen LogP contribution < -0.4 is 4.74 Å². The fourth-order valence-electron chi connectivity index (χ4n) is 3.11. The minimum Gasteiger partial charge on any atom is -0.491 e. The maximum Gasteiger partial charge on any atom is 0.294 e. The van der Waals surface area contributed by atoms with Crippen molar-refractivity contribution < 1.29 is 19.1 Å². The van der Waals surface area contributed by atoms with Crippen molar-refractivity contribution in [1.82, 2.24) is 9.80 Å². The molecule has 0 radical (unpaired) electrons. The number of rotatable bonds is 5. The van der Waals surface area contributed by atoms with Crippen molar-refractivity contribution in [2.75, 3.05) is 26.2 Å². The third-order valence-corrected chi connectivity index (χ3v) is 5.95. The quantitative estimate of drug-likeness (QED) is 0.630. The lowest BCUT2D eigenvalue weighted by molar-refractivity contribution is -0.136. The molecule has 9 heteroatoms. The first kappa shape index (κ1) is 21.0. The first-order valence-corrected chi connectivity index (χ1v) is 10.6. The molecule has 2 aliphatic heterocycles. The Balaban J connectivity index is 1.74. The minimum atomic E-state index is -0.485. The topological polar surface area (TPSA) is 66.9 Å². The highest BCUT2D eigenvalue weighted by Gasteiger charge is 2.37. The number of benzene rings is 1. The number of carbonyl (C=O) groups excluding carboxylic acids is 3. The molecular formula is C19H20Cl2N2O4S. The summed E-state index contributed by atoms with van der Waals surface area (Å²) in [5, 5.41) is 0.185. The second-order valence-electron chi connectivity index (χ2n) is 6.46. The molecule has 1 aromatic rings. The van der Waals surface area contributed by atoms with E-state index in [-0.39, 0.29) is 17.4 Å². The molecule has 0 aromatic heterocycles. The molecule has 3 rings (SSSR count). The molecule has 3 amide bonds.